The van der Waals surface area contributed by atoms with Crippen LogP contribution in [-0.2, 0) is 6.54 Å². The third-order valence-electron chi connectivity index (χ3n) is 3.91. The summed E-state index contributed by atoms with van der Waals surface area (Å²) in [5.41, 5.74) is -2.98. The van der Waals surface area contributed by atoms with Crippen molar-refractivity contribution in [3.05, 3.63) is 54.4 Å². The molecule has 9 heteroatoms. The second-order valence-corrected chi connectivity index (χ2v) is 7.21. The summed E-state index contributed by atoms with van der Waals surface area (Å²) in [6.45, 7) is 2.20. The first-order valence-electron chi connectivity index (χ1n) is 7.65. The molecule has 0 spiro atoms. The third-order valence-corrected chi connectivity index (χ3v) is 5.18. The summed E-state index contributed by atoms with van der Waals surface area (Å²) in [5, 5.41) is 0. The van der Waals surface area contributed by atoms with Crippen LogP contribution in [0.4, 0.5) is 23.7 Å². The van der Waals surface area contributed by atoms with E-state index in [-0.39, 0.29) is 28.7 Å². The minimum absolute atomic E-state index is 0.0560. The molecule has 0 saturated carbocycles. The fourth-order valence-electron chi connectivity index (χ4n) is 2.63. The van der Waals surface area contributed by atoms with E-state index in [1.807, 2.05) is 19.1 Å². The number of urea groups is 1. The Balaban J connectivity index is 1.80. The summed E-state index contributed by atoms with van der Waals surface area (Å²) in [6.07, 6.45) is 3.29. The summed E-state index contributed by atoms with van der Waals surface area (Å²) in [4.78, 5) is 20.2. The number of hydrogen-bond donors (Lipinski definition) is 0. The van der Waals surface area contributed by atoms with E-state index >= 15 is 0 Å². The zero-order valence-corrected chi connectivity index (χ0v) is 15.2. The lowest BCUT2D eigenvalue weighted by Crippen LogP contribution is -2.33. The second kappa shape index (κ2) is 7.24. The number of pyridine rings is 1. The molecule has 2 amide bonds. The molecule has 0 bridgehead atoms. The van der Waals surface area contributed by atoms with Gasteiger partial charge in [0.25, 0.3) is 0 Å². The second-order valence-electron chi connectivity index (χ2n) is 5.66. The minimum atomic E-state index is -4.35. The van der Waals surface area contributed by atoms with Crippen molar-refractivity contribution < 1.29 is 18.0 Å². The number of thioether (sulfide) groups is 1. The number of aromatic nitrogens is 1. The Kier molecular flexibility index (Phi) is 5.19. The number of hydrogen-bond acceptors (Lipinski definition) is 4. The molecule has 0 N–H and O–H groups in total. The molecule has 2 aromatic rings. The van der Waals surface area contributed by atoms with Gasteiger partial charge in [0.2, 0.25) is 0 Å². The Morgan fingerprint density at radius 3 is 2.35 bits per heavy atom. The average Bonchev–Trinajstić information content (AvgIpc) is 2.79. The quantitative estimate of drug-likeness (QED) is 0.546. The van der Waals surface area contributed by atoms with E-state index < -0.39 is 5.51 Å². The number of alkyl halides is 3. The number of anilines is 1. The normalized spacial score (nSPS) is 17.9. The number of nitrogens with zero attached hydrogens (tertiary/aromatic N) is 3. The molecule has 136 valence electrons. The van der Waals surface area contributed by atoms with Crippen LogP contribution < -0.4 is 4.90 Å². The lowest BCUT2D eigenvalue weighted by atomic mass is 10.2. The number of thiocarbonyl (C=S) groups is 1. The molecule has 1 aliphatic rings. The predicted octanol–water partition coefficient (Wildman–Crippen LogP) is 4.85. The van der Waals surface area contributed by atoms with E-state index in [4.69, 9.17) is 12.2 Å². The molecule has 1 saturated heterocycles. The highest BCUT2D eigenvalue weighted by Gasteiger charge is 2.40. The molecule has 3 rings (SSSR count). The molecule has 4 nitrogen and oxygen atoms in total. The van der Waals surface area contributed by atoms with Gasteiger partial charge in [0.15, 0.2) is 0 Å². The van der Waals surface area contributed by atoms with Crippen LogP contribution in [0, 0.1) is 0 Å². The van der Waals surface area contributed by atoms with Crippen LogP contribution in [0.2, 0.25) is 0 Å². The summed E-state index contributed by atoms with van der Waals surface area (Å²) >= 11 is 5.21. The van der Waals surface area contributed by atoms with Crippen LogP contribution in [0.3, 0.4) is 0 Å². The van der Waals surface area contributed by atoms with Gasteiger partial charge < -0.3 is 4.90 Å². The number of carbonyl (C=O) groups excluding carboxylic acids is 1. The van der Waals surface area contributed by atoms with Gasteiger partial charge in [0, 0.05) is 23.8 Å². The maximum absolute atomic E-state index is 12.8. The van der Waals surface area contributed by atoms with E-state index in [0.717, 1.165) is 5.56 Å². The monoisotopic (exact) mass is 397 g/mol. The summed E-state index contributed by atoms with van der Waals surface area (Å²) in [6, 6.07) is 8.65. The molecule has 1 unspecified atom stereocenters. The minimum Gasteiger partial charge on any atom is -0.311 e. The zero-order chi connectivity index (χ0) is 18.9. The van der Waals surface area contributed by atoms with Gasteiger partial charge in [0.05, 0.1) is 11.7 Å². The number of amides is 2. The molecule has 1 atom stereocenters. The van der Waals surface area contributed by atoms with E-state index in [1.165, 1.54) is 29.2 Å². The van der Waals surface area contributed by atoms with Gasteiger partial charge in [-0.15, -0.1) is 0 Å². The van der Waals surface area contributed by atoms with Crippen LogP contribution in [-0.4, -0.2) is 32.5 Å². The van der Waals surface area contributed by atoms with E-state index in [1.54, 1.807) is 17.3 Å². The van der Waals surface area contributed by atoms with Crippen LogP contribution in [0.1, 0.15) is 12.5 Å². The van der Waals surface area contributed by atoms with Crippen LogP contribution >= 0.6 is 24.0 Å². The van der Waals surface area contributed by atoms with Gasteiger partial charge in [-0.05, 0) is 60.6 Å². The number of benzene rings is 1. The molecule has 26 heavy (non-hydrogen) atoms. The fourth-order valence-corrected chi connectivity index (χ4v) is 3.48. The first kappa shape index (κ1) is 18.7. The maximum atomic E-state index is 12.8. The van der Waals surface area contributed by atoms with Crippen molar-refractivity contribution in [2.24, 2.45) is 0 Å². The van der Waals surface area contributed by atoms with Crippen molar-refractivity contribution >= 4 is 40.7 Å². The van der Waals surface area contributed by atoms with E-state index in [9.17, 15) is 18.0 Å². The number of carbonyl (C=O) groups is 1. The van der Waals surface area contributed by atoms with Gasteiger partial charge in [-0.1, -0.05) is 12.2 Å². The van der Waals surface area contributed by atoms with Gasteiger partial charge in [-0.25, -0.2) is 4.79 Å². The SMILES string of the molecule is CC1C(=S)N(c2ccc(SC(F)(F)F)cc2)C(=O)N1Cc1ccncc1. The Labute approximate surface area is 158 Å². The number of rotatable bonds is 4. The molecule has 0 aliphatic carbocycles. The van der Waals surface area contributed by atoms with Gasteiger partial charge >= 0.3 is 11.5 Å². The zero-order valence-electron chi connectivity index (χ0n) is 13.6. The van der Waals surface area contributed by atoms with Crippen LogP contribution in [0.25, 0.3) is 0 Å². The first-order chi connectivity index (χ1) is 12.3. The smallest absolute Gasteiger partial charge is 0.311 e. The predicted molar refractivity (Wildman–Crippen MR) is 98.1 cm³/mol. The summed E-state index contributed by atoms with van der Waals surface area (Å²) in [5.74, 6) is 0. The highest BCUT2D eigenvalue weighted by molar-refractivity contribution is 8.00. The van der Waals surface area contributed by atoms with Crippen molar-refractivity contribution in [3.63, 3.8) is 0 Å². The maximum Gasteiger partial charge on any atom is 0.446 e. The van der Waals surface area contributed by atoms with Gasteiger partial charge in [-0.2, -0.15) is 13.2 Å². The molecule has 1 aliphatic heterocycles. The van der Waals surface area contributed by atoms with E-state index in [2.05, 4.69) is 4.98 Å². The summed E-state index contributed by atoms with van der Waals surface area (Å²) in [7, 11) is 0. The topological polar surface area (TPSA) is 36.4 Å². The molecule has 1 aromatic carbocycles. The Bertz CT molecular complexity index is 812. The molecular weight excluding hydrogens is 383 g/mol. The molecule has 0 radical (unpaired) electrons. The highest BCUT2D eigenvalue weighted by atomic mass is 32.2. The third kappa shape index (κ3) is 3.99. The lowest BCUT2D eigenvalue weighted by molar-refractivity contribution is -0.0328. The van der Waals surface area contributed by atoms with Crippen molar-refractivity contribution in [2.45, 2.75) is 29.9 Å². The van der Waals surface area contributed by atoms with Gasteiger partial charge in [0.1, 0.15) is 4.99 Å². The Morgan fingerprint density at radius 1 is 1.15 bits per heavy atom. The Morgan fingerprint density at radius 2 is 1.77 bits per heavy atom. The molecular formula is C17H14F3N3OS2. The summed E-state index contributed by atoms with van der Waals surface area (Å²) < 4.78 is 37.3. The lowest BCUT2D eigenvalue weighted by Gasteiger charge is -2.20. The van der Waals surface area contributed by atoms with Crippen LogP contribution in [0.5, 0.6) is 0 Å². The van der Waals surface area contributed by atoms with Crippen molar-refractivity contribution in [2.75, 3.05) is 4.90 Å². The average molecular weight is 397 g/mol. The van der Waals surface area contributed by atoms with Crippen molar-refractivity contribution in [1.82, 2.24) is 9.88 Å². The molecule has 1 aromatic heterocycles. The van der Waals surface area contributed by atoms with Crippen molar-refractivity contribution in [1.29, 1.82) is 0 Å². The van der Waals surface area contributed by atoms with Gasteiger partial charge in [-0.3, -0.25) is 9.88 Å². The van der Waals surface area contributed by atoms with Crippen molar-refractivity contribution in [3.8, 4) is 0 Å². The number of halogens is 3. The first-order valence-corrected chi connectivity index (χ1v) is 8.88. The van der Waals surface area contributed by atoms with E-state index in [0.29, 0.717) is 17.2 Å². The molecule has 2 heterocycles. The van der Waals surface area contributed by atoms with Crippen LogP contribution in [0.15, 0.2) is 53.7 Å². The largest absolute Gasteiger partial charge is 0.446 e. The fraction of sp³-hybridized carbons (Fsp3) is 0.235. The Hall–Kier alpha value is -2.13. The highest BCUT2D eigenvalue weighted by Crippen LogP contribution is 2.38. The standard InChI is InChI=1S/C17H14F3N3OS2/c1-11-15(25)23(13-2-4-14(5-3-13)26-17(18,19)20)16(24)22(11)10-12-6-8-21-9-7-12/h2-9,11H,10H2,1H3. The molecule has 1 fully saturated rings.